The lowest BCUT2D eigenvalue weighted by molar-refractivity contribution is 0.839. The fourth-order valence-electron chi connectivity index (χ4n) is 1.95. The number of benzene rings is 2. The molecule has 0 aliphatic heterocycles. The van der Waals surface area contributed by atoms with Gasteiger partial charge in [0.15, 0.2) is 0 Å². The average molecular weight is 389 g/mol. The maximum atomic E-state index is 6.26. The van der Waals surface area contributed by atoms with Gasteiger partial charge in [-0.05, 0) is 17.2 Å². The minimum Gasteiger partial charge on any atom is -0.0827 e. The second-order valence-corrected chi connectivity index (χ2v) is 7.68. The maximum Gasteiger partial charge on any atom is 0.201 e. The molecular weight excluding hydrogens is 381 g/mol. The minimum absolute atomic E-state index is 0.251. The molecule has 0 radical (unpaired) electrons. The molecule has 0 saturated heterocycles. The Kier molecular flexibility index (Phi) is 5.40. The molecule has 0 amide bonds. The summed E-state index contributed by atoms with van der Waals surface area (Å²) < 4.78 is -1.57. The van der Waals surface area contributed by atoms with E-state index < -0.39 is 9.71 Å². The molecule has 20 heavy (non-hydrogen) atoms. The van der Waals surface area contributed by atoms with Crippen LogP contribution in [0.1, 0.15) is 17.0 Å². The van der Waals surface area contributed by atoms with Crippen molar-refractivity contribution < 1.29 is 0 Å². The van der Waals surface area contributed by atoms with E-state index in [0.29, 0.717) is 15.6 Å². The van der Waals surface area contributed by atoms with E-state index >= 15 is 0 Å². The van der Waals surface area contributed by atoms with Crippen LogP contribution in [-0.4, -0.2) is 3.79 Å². The van der Waals surface area contributed by atoms with Crippen molar-refractivity contribution in [3.8, 4) is 0 Å². The topological polar surface area (TPSA) is 0 Å². The van der Waals surface area contributed by atoms with Crippen LogP contribution in [0.2, 0.25) is 15.1 Å². The predicted molar refractivity (Wildman–Crippen MR) is 90.0 cm³/mol. The van der Waals surface area contributed by atoms with Crippen LogP contribution in [0.4, 0.5) is 0 Å². The highest BCUT2D eigenvalue weighted by Crippen LogP contribution is 2.49. The Labute approximate surface area is 147 Å². The molecule has 0 bridgehead atoms. The Morgan fingerprint density at radius 3 is 1.90 bits per heavy atom. The molecule has 0 spiro atoms. The second kappa shape index (κ2) is 6.52. The van der Waals surface area contributed by atoms with Crippen molar-refractivity contribution in [2.45, 2.75) is 9.71 Å². The van der Waals surface area contributed by atoms with E-state index in [1.54, 1.807) is 12.1 Å². The van der Waals surface area contributed by atoms with E-state index in [0.717, 1.165) is 5.56 Å². The molecule has 1 unspecified atom stereocenters. The van der Waals surface area contributed by atoms with Crippen molar-refractivity contribution in [1.29, 1.82) is 0 Å². The fourth-order valence-corrected chi connectivity index (χ4v) is 3.34. The van der Waals surface area contributed by atoms with Crippen LogP contribution in [0.3, 0.4) is 0 Å². The van der Waals surface area contributed by atoms with Crippen LogP contribution in [0.25, 0.3) is 0 Å². The van der Waals surface area contributed by atoms with Crippen LogP contribution in [-0.2, 0) is 0 Å². The Hall–Kier alpha value is 0.180. The molecule has 0 fully saturated rings. The number of hydrogen-bond acceptors (Lipinski definition) is 0. The quantitative estimate of drug-likeness (QED) is 0.378. The summed E-state index contributed by atoms with van der Waals surface area (Å²) in [6.07, 6.45) is 0. The molecule has 0 heterocycles. The van der Waals surface area contributed by atoms with E-state index in [9.17, 15) is 0 Å². The van der Waals surface area contributed by atoms with Crippen LogP contribution in [0, 0.1) is 0 Å². The van der Waals surface area contributed by atoms with Crippen molar-refractivity contribution in [2.75, 3.05) is 0 Å². The zero-order chi connectivity index (χ0) is 14.9. The molecule has 2 aromatic carbocycles. The normalized spacial score (nSPS) is 13.3. The van der Waals surface area contributed by atoms with Gasteiger partial charge in [-0.3, -0.25) is 0 Å². The van der Waals surface area contributed by atoms with Crippen molar-refractivity contribution in [1.82, 2.24) is 0 Å². The zero-order valence-corrected chi connectivity index (χ0v) is 14.4. The van der Waals surface area contributed by atoms with E-state index in [4.69, 9.17) is 69.6 Å². The molecule has 0 N–H and O–H groups in total. The van der Waals surface area contributed by atoms with E-state index in [1.165, 1.54) is 0 Å². The highest BCUT2D eigenvalue weighted by atomic mass is 35.6. The third-order valence-corrected chi connectivity index (χ3v) is 4.80. The van der Waals surface area contributed by atoms with Gasteiger partial charge in [0.25, 0.3) is 0 Å². The molecule has 0 saturated carbocycles. The van der Waals surface area contributed by atoms with Gasteiger partial charge in [-0.15, -0.1) is 0 Å². The Bertz CT molecular complexity index is 603. The molecule has 0 nitrogen and oxygen atoms in total. The van der Waals surface area contributed by atoms with Crippen LogP contribution >= 0.6 is 69.6 Å². The van der Waals surface area contributed by atoms with Gasteiger partial charge >= 0.3 is 0 Å². The first-order valence-electron chi connectivity index (χ1n) is 5.57. The maximum absolute atomic E-state index is 6.26. The standard InChI is InChI=1S/C14H8Cl6/c15-10-7-6-9(12(16)13(10)17)11(14(18,19)20)8-4-2-1-3-5-8/h1-7,11H. The number of halogens is 6. The molecule has 2 rings (SSSR count). The average Bonchev–Trinajstić information content (AvgIpc) is 2.39. The van der Waals surface area contributed by atoms with Crippen molar-refractivity contribution in [3.05, 3.63) is 68.7 Å². The summed E-state index contributed by atoms with van der Waals surface area (Å²) in [7, 11) is 0. The third-order valence-electron chi connectivity index (χ3n) is 2.84. The Balaban J connectivity index is 2.63. The molecule has 1 atom stereocenters. The van der Waals surface area contributed by atoms with Crippen molar-refractivity contribution >= 4 is 69.6 Å². The molecule has 2 aromatic rings. The van der Waals surface area contributed by atoms with Gasteiger partial charge in [0.2, 0.25) is 3.79 Å². The van der Waals surface area contributed by atoms with E-state index in [-0.39, 0.29) is 5.02 Å². The minimum atomic E-state index is -1.57. The second-order valence-electron chi connectivity index (χ2n) is 4.15. The Morgan fingerprint density at radius 2 is 1.35 bits per heavy atom. The van der Waals surface area contributed by atoms with Gasteiger partial charge in [-0.1, -0.05) is 106 Å². The third kappa shape index (κ3) is 3.50. The van der Waals surface area contributed by atoms with Gasteiger partial charge in [-0.2, -0.15) is 0 Å². The summed E-state index contributed by atoms with van der Waals surface area (Å²) in [6.45, 7) is 0. The van der Waals surface area contributed by atoms with Crippen LogP contribution in [0.5, 0.6) is 0 Å². The molecule has 0 aromatic heterocycles. The predicted octanol–water partition coefficient (Wildman–Crippen LogP) is 7.15. The lowest BCUT2D eigenvalue weighted by Crippen LogP contribution is -2.19. The lowest BCUT2D eigenvalue weighted by Gasteiger charge is -2.26. The van der Waals surface area contributed by atoms with Crippen molar-refractivity contribution in [2.24, 2.45) is 0 Å². The largest absolute Gasteiger partial charge is 0.201 e. The lowest BCUT2D eigenvalue weighted by atomic mass is 9.92. The van der Waals surface area contributed by atoms with E-state index in [2.05, 4.69) is 0 Å². The first kappa shape index (κ1) is 16.5. The Morgan fingerprint density at radius 1 is 0.750 bits per heavy atom. The zero-order valence-electron chi connectivity index (χ0n) is 9.89. The van der Waals surface area contributed by atoms with Gasteiger partial charge in [0.1, 0.15) is 0 Å². The first-order chi connectivity index (χ1) is 9.32. The smallest absolute Gasteiger partial charge is 0.0827 e. The number of rotatable bonds is 2. The van der Waals surface area contributed by atoms with E-state index in [1.807, 2.05) is 30.3 Å². The van der Waals surface area contributed by atoms with Gasteiger partial charge in [-0.25, -0.2) is 0 Å². The highest BCUT2D eigenvalue weighted by molar-refractivity contribution is 6.68. The number of hydrogen-bond donors (Lipinski definition) is 0. The summed E-state index contributed by atoms with van der Waals surface area (Å²) in [6, 6.07) is 12.7. The summed E-state index contributed by atoms with van der Waals surface area (Å²) >= 11 is 36.6. The van der Waals surface area contributed by atoms with Gasteiger partial charge < -0.3 is 0 Å². The van der Waals surface area contributed by atoms with Gasteiger partial charge in [0.05, 0.1) is 21.0 Å². The fraction of sp³-hybridized carbons (Fsp3) is 0.143. The monoisotopic (exact) mass is 386 g/mol. The van der Waals surface area contributed by atoms with Crippen LogP contribution < -0.4 is 0 Å². The number of alkyl halides is 3. The summed E-state index contributed by atoms with van der Waals surface area (Å²) in [4.78, 5) is 0. The molecule has 6 heteroatoms. The molecular formula is C14H8Cl6. The highest BCUT2D eigenvalue weighted by Gasteiger charge is 2.37. The van der Waals surface area contributed by atoms with Gasteiger partial charge in [0, 0.05) is 0 Å². The summed E-state index contributed by atoms with van der Waals surface area (Å²) in [5.41, 5.74) is 1.44. The van der Waals surface area contributed by atoms with Crippen LogP contribution in [0.15, 0.2) is 42.5 Å². The first-order valence-corrected chi connectivity index (χ1v) is 7.84. The molecule has 0 aliphatic carbocycles. The molecule has 106 valence electrons. The summed E-state index contributed by atoms with van der Waals surface area (Å²) in [5, 5.41) is 0.900. The summed E-state index contributed by atoms with van der Waals surface area (Å²) in [5.74, 6) is -0.545. The SMILES string of the molecule is Clc1ccc(C(c2ccccc2)C(Cl)(Cl)Cl)c(Cl)c1Cl. The van der Waals surface area contributed by atoms with Crippen molar-refractivity contribution in [3.63, 3.8) is 0 Å². The molecule has 0 aliphatic rings.